The number of benzene rings is 6. The van der Waals surface area contributed by atoms with E-state index in [4.69, 9.17) is 23.2 Å². The molecule has 8 rings (SSSR count). The monoisotopic (exact) mass is 862 g/mol. The fraction of sp³-hybridized carbons (Fsp3) is 0.265. The molecular formula is C49H48Cl2N2O8. The standard InChI is InChI=1S/C23H16O6.2C13H16ClNO/c24-20-16(14-7-3-1-5-12(14)9-18(20)22(26)27)11-17-15-8-4-2-6-13(15)10-19(21(17)25)23(28)29;2*1-15-13(9-5-4-8-12(13)16)10-6-2-3-7-11(10)14/h1-10,24-25H,11H2,(H,26,27)(H,28,29);2*2-3,6-7,15H,4-5,8-9H2,1H3/t;2*13-/m.11/s1. The quantitative estimate of drug-likeness (QED) is 0.128. The third-order valence-corrected chi connectivity index (χ3v) is 12.8. The van der Waals surface area contributed by atoms with E-state index in [9.17, 15) is 39.6 Å². The number of carbonyl (C=O) groups excluding carboxylic acids is 2. The minimum Gasteiger partial charge on any atom is -0.872 e. The Kier molecular flexibility index (Phi) is 14.2. The molecule has 6 aromatic rings. The highest BCUT2D eigenvalue weighted by Crippen LogP contribution is 2.38. The third kappa shape index (κ3) is 8.99. The molecule has 0 radical (unpaired) electrons. The van der Waals surface area contributed by atoms with Gasteiger partial charge in [0.15, 0.2) is 22.6 Å². The lowest BCUT2D eigenvalue weighted by Gasteiger charge is -2.33. The maximum Gasteiger partial charge on any atom is 0.335 e. The average molecular weight is 864 g/mol. The van der Waals surface area contributed by atoms with Crippen LogP contribution in [0.2, 0.25) is 10.0 Å². The number of rotatable bonds is 8. The zero-order valence-corrected chi connectivity index (χ0v) is 35.5. The number of fused-ring (bicyclic) bond motifs is 2. The van der Waals surface area contributed by atoms with Gasteiger partial charge in [0, 0.05) is 36.8 Å². The van der Waals surface area contributed by atoms with Crippen molar-refractivity contribution in [1.29, 1.82) is 0 Å². The first-order valence-corrected chi connectivity index (χ1v) is 21.1. The van der Waals surface area contributed by atoms with E-state index in [0.29, 0.717) is 56.0 Å². The molecule has 10 nitrogen and oxygen atoms in total. The van der Waals surface area contributed by atoms with E-state index in [0.717, 1.165) is 49.7 Å². The van der Waals surface area contributed by atoms with Crippen molar-refractivity contribution in [3.8, 4) is 11.5 Å². The Morgan fingerprint density at radius 2 is 0.951 bits per heavy atom. The summed E-state index contributed by atoms with van der Waals surface area (Å²) in [4.78, 5) is 47.5. The van der Waals surface area contributed by atoms with Gasteiger partial charge in [-0.2, -0.15) is 0 Å². The minimum absolute atomic E-state index is 0.158. The number of nitrogens with two attached hydrogens (primary N) is 2. The van der Waals surface area contributed by atoms with E-state index in [2.05, 4.69) is 0 Å². The van der Waals surface area contributed by atoms with Crippen LogP contribution < -0.4 is 20.8 Å². The number of hydrogen-bond acceptors (Lipinski definition) is 6. The van der Waals surface area contributed by atoms with Gasteiger partial charge in [0.25, 0.3) is 0 Å². The first-order valence-electron chi connectivity index (χ1n) is 20.4. The molecule has 0 amide bonds. The lowest BCUT2D eigenvalue weighted by molar-refractivity contribution is -0.699. The molecule has 6 aromatic carbocycles. The van der Waals surface area contributed by atoms with Crippen LogP contribution in [0.15, 0.2) is 109 Å². The number of aromatic carboxylic acids is 2. The van der Waals surface area contributed by atoms with Crippen molar-refractivity contribution in [2.45, 2.75) is 68.9 Å². The van der Waals surface area contributed by atoms with Gasteiger partial charge in [0.2, 0.25) is 0 Å². The molecule has 6 N–H and O–H groups in total. The smallest absolute Gasteiger partial charge is 0.335 e. The van der Waals surface area contributed by atoms with E-state index >= 15 is 0 Å². The molecule has 0 bridgehead atoms. The summed E-state index contributed by atoms with van der Waals surface area (Å²) in [5.74, 6) is -3.44. The van der Waals surface area contributed by atoms with Gasteiger partial charge in [-0.05, 0) is 89.0 Å². The second-order valence-electron chi connectivity index (χ2n) is 15.4. The van der Waals surface area contributed by atoms with Gasteiger partial charge < -0.3 is 31.1 Å². The maximum atomic E-state index is 12.9. The van der Waals surface area contributed by atoms with E-state index in [1.165, 1.54) is 12.1 Å². The summed E-state index contributed by atoms with van der Waals surface area (Å²) in [7, 11) is 3.93. The van der Waals surface area contributed by atoms with Crippen LogP contribution in [-0.4, -0.2) is 47.8 Å². The van der Waals surface area contributed by atoms with Crippen molar-refractivity contribution >= 4 is 68.3 Å². The summed E-state index contributed by atoms with van der Waals surface area (Å²) in [5.41, 5.74) is 0.630. The topological polar surface area (TPSA) is 188 Å². The van der Waals surface area contributed by atoms with Gasteiger partial charge >= 0.3 is 11.9 Å². The predicted octanol–water partition coefficient (Wildman–Crippen LogP) is 6.87. The number of Topliss-reactive ketones (excluding diaryl/α,β-unsaturated/α-hetero) is 2. The Morgan fingerprint density at radius 1 is 0.590 bits per heavy atom. The number of hydrogen-bond donors (Lipinski definition) is 4. The second-order valence-corrected chi connectivity index (χ2v) is 16.2. The number of carbonyl (C=O) groups is 4. The fourth-order valence-electron chi connectivity index (χ4n) is 8.89. The van der Waals surface area contributed by atoms with Crippen LogP contribution in [0.5, 0.6) is 11.5 Å². The van der Waals surface area contributed by atoms with Gasteiger partial charge in [0.05, 0.1) is 35.3 Å². The van der Waals surface area contributed by atoms with Gasteiger partial charge in [-0.3, -0.25) is 9.59 Å². The van der Waals surface area contributed by atoms with Crippen LogP contribution in [0.4, 0.5) is 0 Å². The van der Waals surface area contributed by atoms with Crippen LogP contribution in [-0.2, 0) is 27.1 Å². The molecule has 0 unspecified atom stereocenters. The number of halogens is 2. The lowest BCUT2D eigenvalue weighted by Crippen LogP contribution is -2.94. The number of ketones is 2. The highest BCUT2D eigenvalue weighted by molar-refractivity contribution is 6.32. The number of carboxylic acid groups (broad SMARTS) is 2. The maximum absolute atomic E-state index is 12.9. The summed E-state index contributed by atoms with van der Waals surface area (Å²) < 4.78 is 0. The molecule has 0 aliphatic heterocycles. The van der Waals surface area contributed by atoms with Gasteiger partial charge in [-0.1, -0.05) is 120 Å². The van der Waals surface area contributed by atoms with Crippen molar-refractivity contribution < 1.29 is 50.2 Å². The summed E-state index contributed by atoms with van der Waals surface area (Å²) in [6.45, 7) is 0. The Morgan fingerprint density at radius 3 is 1.30 bits per heavy atom. The van der Waals surface area contributed by atoms with E-state index in [1.807, 2.05) is 73.3 Å². The van der Waals surface area contributed by atoms with Crippen molar-refractivity contribution in [1.82, 2.24) is 0 Å². The molecule has 0 heterocycles. The number of quaternary nitrogens is 2. The summed E-state index contributed by atoms with van der Waals surface area (Å²) >= 11 is 12.4. The molecule has 2 saturated carbocycles. The SMILES string of the molecule is C[NH2+][C@@]1(c2ccccc2Cl)CCCCC1=O.C[NH2+][C@@]1(c2ccccc2Cl)CCCCC1=O.O=C(O)c1cc2ccccc2c(Cc2c([O-])c(C(=O)O)cc3ccccc23)c1[O-]. The van der Waals surface area contributed by atoms with Crippen LogP contribution in [0.3, 0.4) is 0 Å². The molecule has 316 valence electrons. The molecule has 2 fully saturated rings. The molecule has 12 heteroatoms. The summed E-state index contributed by atoms with van der Waals surface area (Å²) in [6, 6.07) is 31.7. The zero-order chi connectivity index (χ0) is 43.9. The Hall–Kier alpha value is -5.78. The Balaban J connectivity index is 0.000000166. The molecule has 2 aliphatic rings. The van der Waals surface area contributed by atoms with Crippen molar-refractivity contribution in [3.63, 3.8) is 0 Å². The predicted molar refractivity (Wildman–Crippen MR) is 232 cm³/mol. The zero-order valence-electron chi connectivity index (χ0n) is 34.0. The van der Waals surface area contributed by atoms with Gasteiger partial charge in [0.1, 0.15) is 0 Å². The molecule has 2 aliphatic carbocycles. The largest absolute Gasteiger partial charge is 0.872 e. The van der Waals surface area contributed by atoms with Crippen LogP contribution >= 0.6 is 23.2 Å². The second kappa shape index (κ2) is 19.3. The van der Waals surface area contributed by atoms with E-state index in [-0.39, 0.29) is 28.7 Å². The van der Waals surface area contributed by atoms with Gasteiger partial charge in [-0.15, -0.1) is 0 Å². The molecule has 61 heavy (non-hydrogen) atoms. The fourth-order valence-corrected chi connectivity index (χ4v) is 9.50. The third-order valence-electron chi connectivity index (χ3n) is 12.2. The van der Waals surface area contributed by atoms with Crippen molar-refractivity contribution in [2.24, 2.45) is 0 Å². The normalized spacial score (nSPS) is 18.8. The summed E-state index contributed by atoms with van der Waals surface area (Å²) in [5, 5.41) is 52.3. The highest BCUT2D eigenvalue weighted by Gasteiger charge is 2.46. The molecule has 0 aromatic heterocycles. The highest BCUT2D eigenvalue weighted by atomic mass is 35.5. The van der Waals surface area contributed by atoms with Crippen LogP contribution in [0, 0.1) is 0 Å². The van der Waals surface area contributed by atoms with Crippen LogP contribution in [0.1, 0.15) is 94.3 Å². The number of carboxylic acids is 2. The Labute approximate surface area is 364 Å². The summed E-state index contributed by atoms with van der Waals surface area (Å²) in [6.07, 6.45) is 7.20. The minimum atomic E-state index is -1.35. The number of likely N-dealkylation sites (N-methyl/N-ethyl adjacent to an activating group) is 2. The van der Waals surface area contributed by atoms with Crippen molar-refractivity contribution in [2.75, 3.05) is 14.1 Å². The molecule has 0 saturated heterocycles. The van der Waals surface area contributed by atoms with E-state index in [1.54, 1.807) is 48.5 Å². The Bertz CT molecular complexity index is 2450. The van der Waals surface area contributed by atoms with Gasteiger partial charge in [-0.25, -0.2) is 9.59 Å². The van der Waals surface area contributed by atoms with Crippen molar-refractivity contribution in [3.05, 3.63) is 153 Å². The van der Waals surface area contributed by atoms with E-state index < -0.39 is 34.5 Å². The molecule has 0 spiro atoms. The lowest BCUT2D eigenvalue weighted by atomic mass is 9.75. The first kappa shape index (κ1) is 44.8. The first-order chi connectivity index (χ1) is 29.3. The molecule has 2 atom stereocenters. The average Bonchev–Trinajstić information content (AvgIpc) is 3.26. The van der Waals surface area contributed by atoms with Crippen LogP contribution in [0.25, 0.3) is 21.5 Å². The molecular weight excluding hydrogens is 815 g/mol.